The van der Waals surface area contributed by atoms with Crippen LogP contribution >= 0.6 is 0 Å². The second-order valence-electron chi connectivity index (χ2n) is 4.84. The first-order chi connectivity index (χ1) is 11.4. The van der Waals surface area contributed by atoms with Crippen LogP contribution in [0.2, 0.25) is 0 Å². The van der Waals surface area contributed by atoms with Crippen LogP contribution in [0.5, 0.6) is 0 Å². The van der Waals surface area contributed by atoms with Gasteiger partial charge in [0.15, 0.2) is 0 Å². The van der Waals surface area contributed by atoms with Crippen molar-refractivity contribution in [2.24, 2.45) is 0 Å². The zero-order valence-electron chi connectivity index (χ0n) is 13.1. The maximum atomic E-state index is 12.3. The zero-order chi connectivity index (χ0) is 17.7. The molecule has 0 aliphatic rings. The van der Waals surface area contributed by atoms with Gasteiger partial charge in [0.2, 0.25) is 0 Å². The number of aromatic nitrogens is 1. The van der Waals surface area contributed by atoms with E-state index in [1.807, 2.05) is 0 Å². The van der Waals surface area contributed by atoms with Crippen LogP contribution in [0.3, 0.4) is 0 Å². The Hall–Kier alpha value is -3.29. The summed E-state index contributed by atoms with van der Waals surface area (Å²) in [5.41, 5.74) is 0.851. The third-order valence-corrected chi connectivity index (χ3v) is 3.15. The Morgan fingerprint density at radius 1 is 1.25 bits per heavy atom. The molecule has 0 fully saturated rings. The summed E-state index contributed by atoms with van der Waals surface area (Å²) < 4.78 is 4.83. The van der Waals surface area contributed by atoms with E-state index in [-0.39, 0.29) is 23.7 Å². The Kier molecular flexibility index (Phi) is 5.20. The first kappa shape index (κ1) is 17.1. The average Bonchev–Trinajstić information content (AvgIpc) is 2.57. The highest BCUT2D eigenvalue weighted by Crippen LogP contribution is 2.22. The predicted molar refractivity (Wildman–Crippen MR) is 86.0 cm³/mol. The zero-order valence-corrected chi connectivity index (χ0v) is 13.1. The lowest BCUT2D eigenvalue weighted by molar-refractivity contribution is -0.384. The number of ether oxygens (including phenoxy) is 1. The number of anilines is 1. The Balaban J connectivity index is 2.24. The lowest BCUT2D eigenvalue weighted by atomic mass is 10.1. The monoisotopic (exact) mass is 329 g/mol. The van der Waals surface area contributed by atoms with Crippen molar-refractivity contribution < 1.29 is 19.2 Å². The summed E-state index contributed by atoms with van der Waals surface area (Å²) in [4.78, 5) is 38.2. The van der Waals surface area contributed by atoms with Crippen molar-refractivity contribution in [3.63, 3.8) is 0 Å². The maximum Gasteiger partial charge on any atom is 0.356 e. The number of nitrogens with one attached hydrogen (secondary N) is 1. The van der Waals surface area contributed by atoms with Crippen molar-refractivity contribution in [2.75, 3.05) is 11.9 Å². The Labute approximate surface area is 137 Å². The molecule has 0 atom stereocenters. The van der Waals surface area contributed by atoms with Gasteiger partial charge in [-0.15, -0.1) is 0 Å². The number of non-ortho nitro benzene ring substituents is 1. The molecule has 2 aromatic rings. The number of carbonyl (C=O) groups is 2. The lowest BCUT2D eigenvalue weighted by Crippen LogP contribution is -2.17. The van der Waals surface area contributed by atoms with E-state index < -0.39 is 16.8 Å². The summed E-state index contributed by atoms with van der Waals surface area (Å²) in [7, 11) is 0. The molecule has 0 unspecified atom stereocenters. The first-order valence-corrected chi connectivity index (χ1v) is 7.13. The van der Waals surface area contributed by atoms with Crippen LogP contribution in [-0.4, -0.2) is 28.4 Å². The number of aryl methyl sites for hydroxylation is 1. The summed E-state index contributed by atoms with van der Waals surface area (Å²) in [5, 5.41) is 13.4. The van der Waals surface area contributed by atoms with Gasteiger partial charge in [-0.05, 0) is 31.5 Å². The molecule has 1 aromatic heterocycles. The van der Waals surface area contributed by atoms with E-state index in [0.29, 0.717) is 11.3 Å². The van der Waals surface area contributed by atoms with Crippen LogP contribution in [0.25, 0.3) is 0 Å². The van der Waals surface area contributed by atoms with E-state index in [2.05, 4.69) is 10.3 Å². The molecule has 124 valence electrons. The van der Waals surface area contributed by atoms with Crippen molar-refractivity contribution in [3.05, 3.63) is 63.5 Å². The summed E-state index contributed by atoms with van der Waals surface area (Å²) in [5.74, 6) is -1.21. The van der Waals surface area contributed by atoms with E-state index in [0.717, 1.165) is 0 Å². The fraction of sp³-hybridized carbons (Fsp3) is 0.188. The van der Waals surface area contributed by atoms with Gasteiger partial charge in [-0.2, -0.15) is 0 Å². The fourth-order valence-corrected chi connectivity index (χ4v) is 1.92. The Bertz CT molecular complexity index is 804. The summed E-state index contributed by atoms with van der Waals surface area (Å²) >= 11 is 0. The van der Waals surface area contributed by atoms with Gasteiger partial charge in [0.25, 0.3) is 11.6 Å². The highest BCUT2D eigenvalue weighted by Gasteiger charge is 2.15. The Morgan fingerprint density at radius 3 is 2.62 bits per heavy atom. The molecule has 0 aliphatic carbocycles. The molecule has 0 aliphatic heterocycles. The van der Waals surface area contributed by atoms with Gasteiger partial charge in [-0.1, -0.05) is 12.1 Å². The first-order valence-electron chi connectivity index (χ1n) is 7.13. The van der Waals surface area contributed by atoms with Gasteiger partial charge >= 0.3 is 5.97 Å². The van der Waals surface area contributed by atoms with Gasteiger partial charge < -0.3 is 10.1 Å². The number of nitro groups is 1. The van der Waals surface area contributed by atoms with Crippen LogP contribution < -0.4 is 5.32 Å². The van der Waals surface area contributed by atoms with E-state index in [9.17, 15) is 19.7 Å². The van der Waals surface area contributed by atoms with Crippen molar-refractivity contribution in [1.29, 1.82) is 0 Å². The number of hydrogen-bond donors (Lipinski definition) is 1. The minimum absolute atomic E-state index is 0.00598. The smallest absolute Gasteiger partial charge is 0.356 e. The SMILES string of the molecule is CCOC(=O)c1cccc(C(=O)Nc2cc([N+](=O)[O-])ccc2C)n1. The molecule has 2 rings (SSSR count). The molecule has 1 aromatic carbocycles. The normalized spacial score (nSPS) is 10.1. The Morgan fingerprint density at radius 2 is 1.96 bits per heavy atom. The quantitative estimate of drug-likeness (QED) is 0.513. The summed E-state index contributed by atoms with van der Waals surface area (Å²) in [6.07, 6.45) is 0. The third-order valence-electron chi connectivity index (χ3n) is 3.15. The second-order valence-corrected chi connectivity index (χ2v) is 4.84. The summed E-state index contributed by atoms with van der Waals surface area (Å²) in [6, 6.07) is 8.54. The lowest BCUT2D eigenvalue weighted by Gasteiger charge is -2.08. The molecule has 0 bridgehead atoms. The minimum atomic E-state index is -0.626. The average molecular weight is 329 g/mol. The molecule has 0 saturated carbocycles. The molecule has 0 radical (unpaired) electrons. The summed E-state index contributed by atoms with van der Waals surface area (Å²) in [6.45, 7) is 3.57. The molecule has 0 spiro atoms. The molecule has 1 amide bonds. The van der Waals surface area contributed by atoms with Crippen molar-refractivity contribution >= 4 is 23.3 Å². The van der Waals surface area contributed by atoms with Crippen molar-refractivity contribution in [3.8, 4) is 0 Å². The third kappa shape index (κ3) is 3.92. The predicted octanol–water partition coefficient (Wildman–Crippen LogP) is 2.73. The number of pyridine rings is 1. The molecule has 1 N–H and O–H groups in total. The number of nitrogens with zero attached hydrogens (tertiary/aromatic N) is 2. The number of carbonyl (C=O) groups excluding carboxylic acids is 2. The van der Waals surface area contributed by atoms with Gasteiger partial charge in [0.1, 0.15) is 11.4 Å². The molecular weight excluding hydrogens is 314 g/mol. The van der Waals surface area contributed by atoms with Crippen molar-refractivity contribution in [1.82, 2.24) is 4.98 Å². The number of amides is 1. The fourth-order valence-electron chi connectivity index (χ4n) is 1.92. The van der Waals surface area contributed by atoms with Crippen LogP contribution in [0.1, 0.15) is 33.5 Å². The number of rotatable bonds is 5. The largest absolute Gasteiger partial charge is 0.461 e. The van der Waals surface area contributed by atoms with E-state index >= 15 is 0 Å². The standard InChI is InChI=1S/C16H15N3O5/c1-3-24-16(21)13-6-4-5-12(17-13)15(20)18-14-9-11(19(22)23)8-7-10(14)2/h4-9H,3H2,1-2H3,(H,18,20). The van der Waals surface area contributed by atoms with E-state index in [4.69, 9.17) is 4.74 Å². The number of esters is 1. The van der Waals surface area contributed by atoms with Crippen molar-refractivity contribution in [2.45, 2.75) is 13.8 Å². The highest BCUT2D eigenvalue weighted by atomic mass is 16.6. The van der Waals surface area contributed by atoms with E-state index in [1.165, 1.54) is 36.4 Å². The molecule has 0 saturated heterocycles. The van der Waals surface area contributed by atoms with Gasteiger partial charge in [0, 0.05) is 12.1 Å². The van der Waals surface area contributed by atoms with Crippen LogP contribution in [0.4, 0.5) is 11.4 Å². The maximum absolute atomic E-state index is 12.3. The number of nitro benzene ring substituents is 1. The number of benzene rings is 1. The van der Waals surface area contributed by atoms with E-state index in [1.54, 1.807) is 13.8 Å². The van der Waals surface area contributed by atoms with Gasteiger partial charge in [0.05, 0.1) is 17.2 Å². The molecule has 1 heterocycles. The minimum Gasteiger partial charge on any atom is -0.461 e. The van der Waals surface area contributed by atoms with Gasteiger partial charge in [-0.25, -0.2) is 9.78 Å². The number of hydrogen-bond acceptors (Lipinski definition) is 6. The molecular formula is C16H15N3O5. The highest BCUT2D eigenvalue weighted by molar-refractivity contribution is 6.04. The second kappa shape index (κ2) is 7.32. The topological polar surface area (TPSA) is 111 Å². The van der Waals surface area contributed by atoms with Gasteiger partial charge in [-0.3, -0.25) is 14.9 Å². The molecule has 24 heavy (non-hydrogen) atoms. The van der Waals surface area contributed by atoms with Crippen LogP contribution in [0, 0.1) is 17.0 Å². The van der Waals surface area contributed by atoms with Crippen LogP contribution in [-0.2, 0) is 4.74 Å². The molecule has 8 nitrogen and oxygen atoms in total. The van der Waals surface area contributed by atoms with Crippen LogP contribution in [0.15, 0.2) is 36.4 Å². The molecule has 8 heteroatoms.